The molecule has 0 aromatic carbocycles. The highest BCUT2D eigenvalue weighted by Crippen LogP contribution is 2.33. The van der Waals surface area contributed by atoms with Crippen LogP contribution in [0, 0.1) is 11.8 Å². The zero-order valence-electron chi connectivity index (χ0n) is 17.4. The summed E-state index contributed by atoms with van der Waals surface area (Å²) in [4.78, 5) is 21.9. The van der Waals surface area contributed by atoms with Crippen molar-refractivity contribution < 1.29 is 4.79 Å². The number of nitrogens with zero attached hydrogens (tertiary/aromatic N) is 4. The molecule has 1 aromatic heterocycles. The Kier molecular flexibility index (Phi) is 7.74. The van der Waals surface area contributed by atoms with E-state index in [-0.39, 0.29) is 0 Å². The van der Waals surface area contributed by atoms with E-state index in [1.165, 1.54) is 37.9 Å². The van der Waals surface area contributed by atoms with Crippen LogP contribution < -0.4 is 0 Å². The predicted molar refractivity (Wildman–Crippen MR) is 110 cm³/mol. The van der Waals surface area contributed by atoms with Gasteiger partial charge in [-0.25, -0.2) is 4.98 Å². The predicted octanol–water partition coefficient (Wildman–Crippen LogP) is 3.59. The van der Waals surface area contributed by atoms with Gasteiger partial charge in [0.2, 0.25) is 5.91 Å². The van der Waals surface area contributed by atoms with Gasteiger partial charge in [0.25, 0.3) is 0 Å². The van der Waals surface area contributed by atoms with Gasteiger partial charge >= 0.3 is 0 Å². The van der Waals surface area contributed by atoms with Crippen LogP contribution in [0.3, 0.4) is 0 Å². The molecule has 0 bridgehead atoms. The number of hydrogen-bond acceptors (Lipinski definition) is 3. The molecular formula is C22H38N4O. The fraction of sp³-hybridized carbons (Fsp3) is 0.818. The molecule has 5 nitrogen and oxygen atoms in total. The Bertz CT molecular complexity index is 569. The molecule has 152 valence electrons. The summed E-state index contributed by atoms with van der Waals surface area (Å²) in [6.07, 6.45) is 13.7. The molecule has 2 heterocycles. The fourth-order valence-corrected chi connectivity index (χ4v) is 4.75. The smallest absolute Gasteiger partial charge is 0.225 e. The summed E-state index contributed by atoms with van der Waals surface area (Å²) in [7, 11) is 0. The summed E-state index contributed by atoms with van der Waals surface area (Å²) in [6, 6.07) is 0. The quantitative estimate of drug-likeness (QED) is 0.698. The lowest BCUT2D eigenvalue weighted by Crippen LogP contribution is -2.51. The van der Waals surface area contributed by atoms with Crippen LogP contribution >= 0.6 is 0 Å². The first kappa shape index (κ1) is 20.4. The van der Waals surface area contributed by atoms with E-state index < -0.39 is 0 Å². The van der Waals surface area contributed by atoms with Crippen LogP contribution in [0.1, 0.15) is 64.6 Å². The van der Waals surface area contributed by atoms with Gasteiger partial charge in [-0.15, -0.1) is 0 Å². The Labute approximate surface area is 165 Å². The standard InChI is InChI=1S/C22H38N4O/c1-3-5-6-19-7-9-20(10-8-19)22(27)26-17-14-24(15-18-26)13-16-25-12-11-23-21(25)4-2/h11-12,19-20H,3-10,13-18H2,1-2H3. The maximum atomic E-state index is 12.9. The minimum atomic E-state index is 0.299. The lowest BCUT2D eigenvalue weighted by atomic mass is 9.79. The Balaban J connectivity index is 1.37. The molecule has 1 saturated heterocycles. The second-order valence-corrected chi connectivity index (χ2v) is 8.42. The normalized spacial score (nSPS) is 24.3. The number of aryl methyl sites for hydroxylation is 1. The number of hydrogen-bond donors (Lipinski definition) is 0. The summed E-state index contributed by atoms with van der Waals surface area (Å²) < 4.78 is 2.26. The third-order valence-corrected chi connectivity index (χ3v) is 6.62. The van der Waals surface area contributed by atoms with E-state index >= 15 is 0 Å². The first-order chi connectivity index (χ1) is 13.2. The lowest BCUT2D eigenvalue weighted by Gasteiger charge is -2.38. The van der Waals surface area contributed by atoms with Gasteiger partial charge in [0.15, 0.2) is 0 Å². The van der Waals surface area contributed by atoms with E-state index in [0.29, 0.717) is 11.8 Å². The molecule has 27 heavy (non-hydrogen) atoms. The molecule has 1 aromatic rings. The second-order valence-electron chi connectivity index (χ2n) is 8.42. The van der Waals surface area contributed by atoms with Gasteiger partial charge in [-0.2, -0.15) is 0 Å². The average molecular weight is 375 g/mol. The van der Waals surface area contributed by atoms with Crippen LogP contribution in [-0.2, 0) is 17.8 Å². The van der Waals surface area contributed by atoms with Crippen molar-refractivity contribution in [3.8, 4) is 0 Å². The highest BCUT2D eigenvalue weighted by molar-refractivity contribution is 5.79. The molecule has 0 spiro atoms. The zero-order valence-corrected chi connectivity index (χ0v) is 17.4. The molecule has 5 heteroatoms. The highest BCUT2D eigenvalue weighted by atomic mass is 16.2. The number of imidazole rings is 1. The second kappa shape index (κ2) is 10.3. The number of rotatable bonds is 8. The zero-order chi connectivity index (χ0) is 19.1. The van der Waals surface area contributed by atoms with Crippen molar-refractivity contribution in [1.29, 1.82) is 0 Å². The van der Waals surface area contributed by atoms with Crippen molar-refractivity contribution in [3.63, 3.8) is 0 Å². The van der Waals surface area contributed by atoms with Gasteiger partial charge < -0.3 is 9.47 Å². The molecule has 1 aliphatic heterocycles. The van der Waals surface area contributed by atoms with Crippen molar-refractivity contribution in [2.24, 2.45) is 11.8 Å². The minimum Gasteiger partial charge on any atom is -0.340 e. The number of amides is 1. The first-order valence-electron chi connectivity index (χ1n) is 11.2. The maximum absolute atomic E-state index is 12.9. The molecule has 1 saturated carbocycles. The number of aromatic nitrogens is 2. The fourth-order valence-electron chi connectivity index (χ4n) is 4.75. The molecule has 0 unspecified atom stereocenters. The van der Waals surface area contributed by atoms with Crippen LogP contribution in [0.4, 0.5) is 0 Å². The molecule has 0 radical (unpaired) electrons. The third kappa shape index (κ3) is 5.56. The van der Waals surface area contributed by atoms with Crippen LogP contribution in [0.5, 0.6) is 0 Å². The summed E-state index contributed by atoms with van der Waals surface area (Å²) in [5.41, 5.74) is 0. The van der Waals surface area contributed by atoms with Crippen molar-refractivity contribution in [2.45, 2.75) is 71.8 Å². The molecular weight excluding hydrogens is 336 g/mol. The van der Waals surface area contributed by atoms with Crippen molar-refractivity contribution in [3.05, 3.63) is 18.2 Å². The van der Waals surface area contributed by atoms with Crippen molar-refractivity contribution in [2.75, 3.05) is 32.7 Å². The Morgan fingerprint density at radius 2 is 1.81 bits per heavy atom. The summed E-state index contributed by atoms with van der Waals surface area (Å²) >= 11 is 0. The highest BCUT2D eigenvalue weighted by Gasteiger charge is 2.30. The maximum Gasteiger partial charge on any atom is 0.225 e. The summed E-state index contributed by atoms with van der Waals surface area (Å²) in [5, 5.41) is 0. The van der Waals surface area contributed by atoms with Gasteiger partial charge in [0.05, 0.1) is 0 Å². The first-order valence-corrected chi connectivity index (χ1v) is 11.2. The van der Waals surface area contributed by atoms with Gasteiger partial charge in [-0.05, 0) is 31.6 Å². The van der Waals surface area contributed by atoms with E-state index in [9.17, 15) is 4.79 Å². The third-order valence-electron chi connectivity index (χ3n) is 6.62. The molecule has 2 fully saturated rings. The number of carbonyl (C=O) groups is 1. The number of piperazine rings is 1. The Morgan fingerprint density at radius 3 is 2.48 bits per heavy atom. The van der Waals surface area contributed by atoms with E-state index in [1.807, 2.05) is 6.20 Å². The topological polar surface area (TPSA) is 41.4 Å². The van der Waals surface area contributed by atoms with Crippen molar-refractivity contribution in [1.82, 2.24) is 19.4 Å². The van der Waals surface area contributed by atoms with Gasteiger partial charge in [0, 0.05) is 64.0 Å². The SMILES string of the molecule is CCCCC1CCC(C(=O)N2CCN(CCn3ccnc3CC)CC2)CC1. The van der Waals surface area contributed by atoms with Gasteiger partial charge in [0.1, 0.15) is 5.82 Å². The Morgan fingerprint density at radius 1 is 1.07 bits per heavy atom. The number of carbonyl (C=O) groups excluding carboxylic acids is 1. The van der Waals surface area contributed by atoms with Gasteiger partial charge in [-0.1, -0.05) is 33.1 Å². The van der Waals surface area contributed by atoms with E-state index in [0.717, 1.165) is 64.4 Å². The largest absolute Gasteiger partial charge is 0.340 e. The minimum absolute atomic E-state index is 0.299. The van der Waals surface area contributed by atoms with Crippen molar-refractivity contribution >= 4 is 5.91 Å². The average Bonchev–Trinajstić information content (AvgIpc) is 3.18. The molecule has 0 atom stereocenters. The van der Waals surface area contributed by atoms with E-state index in [1.54, 1.807) is 0 Å². The molecule has 0 N–H and O–H groups in total. The lowest BCUT2D eigenvalue weighted by molar-refractivity contribution is -0.138. The molecule has 1 aliphatic carbocycles. The molecule has 3 rings (SSSR count). The summed E-state index contributed by atoms with van der Waals surface area (Å²) in [5.74, 6) is 2.78. The van der Waals surface area contributed by atoms with E-state index in [2.05, 4.69) is 39.4 Å². The monoisotopic (exact) mass is 374 g/mol. The molecule has 2 aliphatic rings. The summed E-state index contributed by atoms with van der Waals surface area (Å²) in [6.45, 7) is 10.3. The van der Waals surface area contributed by atoms with Crippen LogP contribution in [0.15, 0.2) is 12.4 Å². The van der Waals surface area contributed by atoms with Gasteiger partial charge in [-0.3, -0.25) is 9.69 Å². The van der Waals surface area contributed by atoms with E-state index in [4.69, 9.17) is 0 Å². The van der Waals surface area contributed by atoms with Crippen LogP contribution in [0.25, 0.3) is 0 Å². The van der Waals surface area contributed by atoms with Crippen LogP contribution in [-0.4, -0.2) is 58.0 Å². The molecule has 1 amide bonds. The van der Waals surface area contributed by atoms with Crippen LogP contribution in [0.2, 0.25) is 0 Å². The Hall–Kier alpha value is -1.36. The number of unbranched alkanes of at least 4 members (excludes halogenated alkanes) is 1.